The monoisotopic (exact) mass is 482 g/mol. The Hall–Kier alpha value is -4.17. The van der Waals surface area contributed by atoms with E-state index in [0.717, 1.165) is 16.7 Å². The van der Waals surface area contributed by atoms with Crippen molar-refractivity contribution in [2.45, 2.75) is 13.5 Å². The molecule has 0 saturated heterocycles. The lowest BCUT2D eigenvalue weighted by Crippen LogP contribution is -2.35. The molecule has 1 amide bonds. The zero-order valence-corrected chi connectivity index (χ0v) is 20.0. The number of amides is 1. The third kappa shape index (κ3) is 4.74. The molecule has 0 fully saturated rings. The zero-order valence-electron chi connectivity index (χ0n) is 19.2. The van der Waals surface area contributed by atoms with Gasteiger partial charge in [0.25, 0.3) is 5.91 Å². The molecule has 3 aromatic carbocycles. The number of nitrogens with zero attached hydrogens (tertiary/aromatic N) is 3. The molecular weight excluding hydrogens is 460 g/mol. The first-order valence-electron chi connectivity index (χ1n) is 10.9. The minimum absolute atomic E-state index is 0.0158. The Morgan fingerprint density at radius 1 is 1.03 bits per heavy atom. The van der Waals surface area contributed by atoms with Crippen molar-refractivity contribution in [1.82, 2.24) is 5.01 Å². The molecule has 3 aromatic rings. The first kappa shape index (κ1) is 22.6. The summed E-state index contributed by atoms with van der Waals surface area (Å²) >= 11 is 1.28. The maximum absolute atomic E-state index is 12.8. The van der Waals surface area contributed by atoms with Crippen LogP contribution in [-0.4, -0.2) is 34.1 Å². The maximum atomic E-state index is 12.8. The number of carbonyl (C=O) groups is 1. The number of ether oxygens (including phenoxy) is 2. The molecule has 7 nitrogen and oxygen atoms in total. The summed E-state index contributed by atoms with van der Waals surface area (Å²) in [7, 11) is 1.56. The van der Waals surface area contributed by atoms with Crippen LogP contribution in [0.5, 0.6) is 11.5 Å². The van der Waals surface area contributed by atoms with Crippen LogP contribution in [0.25, 0.3) is 6.08 Å². The number of benzene rings is 3. The highest BCUT2D eigenvalue weighted by Crippen LogP contribution is 2.33. The van der Waals surface area contributed by atoms with Crippen molar-refractivity contribution in [3.63, 3.8) is 0 Å². The molecule has 0 unspecified atom stereocenters. The van der Waals surface area contributed by atoms with Crippen molar-refractivity contribution >= 4 is 39.8 Å². The number of fused-ring (bicyclic) bond motifs is 1. The van der Waals surface area contributed by atoms with E-state index >= 15 is 0 Å². The summed E-state index contributed by atoms with van der Waals surface area (Å²) in [4.78, 5) is 17.0. The van der Waals surface area contributed by atoms with Crippen LogP contribution in [0, 0.1) is 12.3 Å². The standard InChI is InChI=1S/C27H22N4O3S/c1-17-8-11-20(12-9-17)26-30-31-24(28)21(25(32)29-27(31)35-26)14-19-10-13-22(23(15-19)33-2)34-16-18-6-4-3-5-7-18/h3-15,28H,16H2,1-2H3/b21-14-,28-24?. The van der Waals surface area contributed by atoms with E-state index in [9.17, 15) is 4.79 Å². The molecule has 35 heavy (non-hydrogen) atoms. The van der Waals surface area contributed by atoms with Crippen LogP contribution in [0.2, 0.25) is 0 Å². The van der Waals surface area contributed by atoms with Crippen molar-refractivity contribution in [3.05, 3.63) is 101 Å². The van der Waals surface area contributed by atoms with Crippen LogP contribution in [0.15, 0.2) is 88.5 Å². The lowest BCUT2D eigenvalue weighted by atomic mass is 10.1. The average Bonchev–Trinajstić information content (AvgIpc) is 3.30. The van der Waals surface area contributed by atoms with Gasteiger partial charge in [0.15, 0.2) is 17.3 Å². The first-order chi connectivity index (χ1) is 17.0. The summed E-state index contributed by atoms with van der Waals surface area (Å²) in [5.41, 5.74) is 3.95. The molecule has 0 spiro atoms. The molecule has 8 heteroatoms. The van der Waals surface area contributed by atoms with Gasteiger partial charge >= 0.3 is 0 Å². The van der Waals surface area contributed by atoms with Gasteiger partial charge in [-0.25, -0.2) is 0 Å². The Labute approximate surface area is 207 Å². The van der Waals surface area contributed by atoms with Gasteiger partial charge in [-0.3, -0.25) is 10.2 Å². The molecule has 0 bridgehead atoms. The largest absolute Gasteiger partial charge is 0.493 e. The van der Waals surface area contributed by atoms with E-state index in [1.807, 2.05) is 67.6 Å². The SMILES string of the molecule is COc1cc(/C=C2/C(=N)N3N=C(c4ccc(C)cc4)SC3=NC2=O)ccc1OCc1ccccc1. The van der Waals surface area contributed by atoms with Crippen LogP contribution in [0.3, 0.4) is 0 Å². The Balaban J connectivity index is 1.38. The molecule has 2 aliphatic rings. The van der Waals surface area contributed by atoms with Gasteiger partial charge in [-0.15, -0.1) is 0 Å². The Morgan fingerprint density at radius 2 is 1.80 bits per heavy atom. The molecule has 5 rings (SSSR count). The van der Waals surface area contributed by atoms with Gasteiger partial charge < -0.3 is 9.47 Å². The average molecular weight is 483 g/mol. The number of carbonyl (C=O) groups excluding carboxylic acids is 1. The van der Waals surface area contributed by atoms with Crippen LogP contribution in [0.1, 0.15) is 22.3 Å². The normalized spacial score (nSPS) is 16.2. The quantitative estimate of drug-likeness (QED) is 0.485. The summed E-state index contributed by atoms with van der Waals surface area (Å²) in [5, 5.41) is 15.6. The second-order valence-corrected chi connectivity index (χ2v) is 8.93. The Bertz CT molecular complexity index is 1400. The molecular formula is C27H22N4O3S. The van der Waals surface area contributed by atoms with E-state index in [-0.39, 0.29) is 11.4 Å². The van der Waals surface area contributed by atoms with Crippen molar-refractivity contribution in [2.75, 3.05) is 7.11 Å². The van der Waals surface area contributed by atoms with Crippen LogP contribution >= 0.6 is 11.8 Å². The number of hydrogen-bond acceptors (Lipinski definition) is 6. The summed E-state index contributed by atoms with van der Waals surface area (Å²) in [6, 6.07) is 23.2. The first-order valence-corrected chi connectivity index (χ1v) is 11.8. The maximum Gasteiger partial charge on any atom is 0.283 e. The number of hydrogen-bond donors (Lipinski definition) is 1. The summed E-state index contributed by atoms with van der Waals surface area (Å²) in [5.74, 6) is 0.633. The fraction of sp³-hybridized carbons (Fsp3) is 0.111. The lowest BCUT2D eigenvalue weighted by Gasteiger charge is -2.20. The highest BCUT2D eigenvalue weighted by Gasteiger charge is 2.36. The number of methoxy groups -OCH3 is 1. The number of amidine groups is 2. The lowest BCUT2D eigenvalue weighted by molar-refractivity contribution is -0.114. The molecule has 2 aliphatic heterocycles. The molecule has 0 radical (unpaired) electrons. The van der Waals surface area contributed by atoms with Crippen LogP contribution in [0.4, 0.5) is 0 Å². The fourth-order valence-electron chi connectivity index (χ4n) is 3.60. The number of aliphatic imine (C=N–C) groups is 1. The zero-order chi connectivity index (χ0) is 24.4. The highest BCUT2D eigenvalue weighted by molar-refractivity contribution is 8.27. The van der Waals surface area contributed by atoms with E-state index in [1.54, 1.807) is 25.3 Å². The second-order valence-electron chi connectivity index (χ2n) is 7.98. The third-order valence-electron chi connectivity index (χ3n) is 5.49. The molecule has 2 heterocycles. The minimum atomic E-state index is -0.475. The second kappa shape index (κ2) is 9.60. The summed E-state index contributed by atoms with van der Waals surface area (Å²) in [6.45, 7) is 2.43. The molecule has 0 aliphatic carbocycles. The van der Waals surface area contributed by atoms with E-state index in [1.165, 1.54) is 16.8 Å². The van der Waals surface area contributed by atoms with E-state index < -0.39 is 5.91 Å². The van der Waals surface area contributed by atoms with E-state index in [0.29, 0.717) is 33.9 Å². The number of aryl methyl sites for hydroxylation is 1. The van der Waals surface area contributed by atoms with Crippen LogP contribution in [-0.2, 0) is 11.4 Å². The van der Waals surface area contributed by atoms with Gasteiger partial charge in [0.2, 0.25) is 5.17 Å². The Kier molecular flexibility index (Phi) is 6.20. The number of thioether (sulfide) groups is 1. The molecule has 0 saturated carbocycles. The van der Waals surface area contributed by atoms with Gasteiger partial charge in [0, 0.05) is 5.56 Å². The van der Waals surface area contributed by atoms with Crippen LogP contribution < -0.4 is 9.47 Å². The molecule has 1 N–H and O–H groups in total. The number of nitrogens with one attached hydrogen (secondary N) is 1. The minimum Gasteiger partial charge on any atom is -0.493 e. The van der Waals surface area contributed by atoms with Gasteiger partial charge in [0.05, 0.1) is 12.7 Å². The van der Waals surface area contributed by atoms with E-state index in [4.69, 9.17) is 14.9 Å². The Morgan fingerprint density at radius 3 is 2.54 bits per heavy atom. The fourth-order valence-corrected chi connectivity index (χ4v) is 4.50. The van der Waals surface area contributed by atoms with Gasteiger partial charge in [-0.1, -0.05) is 66.2 Å². The van der Waals surface area contributed by atoms with Crippen molar-refractivity contribution in [2.24, 2.45) is 10.1 Å². The van der Waals surface area contributed by atoms with Gasteiger partial charge in [0.1, 0.15) is 11.7 Å². The van der Waals surface area contributed by atoms with E-state index in [2.05, 4.69) is 10.1 Å². The molecule has 0 atom stereocenters. The predicted octanol–water partition coefficient (Wildman–Crippen LogP) is 5.25. The molecule has 0 aromatic heterocycles. The van der Waals surface area contributed by atoms with Crippen molar-refractivity contribution < 1.29 is 14.3 Å². The molecule has 174 valence electrons. The third-order valence-corrected chi connectivity index (χ3v) is 6.45. The number of rotatable bonds is 6. The smallest absolute Gasteiger partial charge is 0.283 e. The predicted molar refractivity (Wildman–Crippen MR) is 139 cm³/mol. The number of hydrazone groups is 1. The van der Waals surface area contributed by atoms with Crippen molar-refractivity contribution in [3.8, 4) is 11.5 Å². The summed E-state index contributed by atoms with van der Waals surface area (Å²) in [6.07, 6.45) is 1.62. The highest BCUT2D eigenvalue weighted by atomic mass is 32.2. The van der Waals surface area contributed by atoms with Crippen molar-refractivity contribution in [1.29, 1.82) is 5.41 Å². The summed E-state index contributed by atoms with van der Waals surface area (Å²) < 4.78 is 11.4. The topological polar surface area (TPSA) is 87.3 Å². The van der Waals surface area contributed by atoms with Gasteiger partial charge in [-0.2, -0.15) is 15.1 Å². The van der Waals surface area contributed by atoms with Gasteiger partial charge in [-0.05, 0) is 48.0 Å².